The van der Waals surface area contributed by atoms with Gasteiger partial charge in [0.25, 0.3) is 5.91 Å². The summed E-state index contributed by atoms with van der Waals surface area (Å²) in [5.41, 5.74) is 1.47. The van der Waals surface area contributed by atoms with Crippen molar-refractivity contribution in [3.8, 4) is 11.5 Å². The van der Waals surface area contributed by atoms with Crippen LogP contribution in [-0.4, -0.2) is 44.0 Å². The summed E-state index contributed by atoms with van der Waals surface area (Å²) in [6.45, 7) is 1.07. The van der Waals surface area contributed by atoms with Crippen molar-refractivity contribution in [1.82, 2.24) is 5.32 Å². The molecule has 0 fully saturated rings. The molecule has 8 heteroatoms. The second kappa shape index (κ2) is 10.6. The second-order valence-electron chi connectivity index (χ2n) is 6.67. The molecular formula is C22H22ClNO6. The minimum Gasteiger partial charge on any atom is -0.486 e. The Hall–Kier alpha value is -3.06. The van der Waals surface area contributed by atoms with Crippen LogP contribution in [0.1, 0.15) is 28.8 Å². The molecule has 1 aliphatic heterocycles. The number of halogens is 1. The number of nitrogens with one attached hydrogen (secondary N) is 1. The molecule has 1 aliphatic rings. The minimum absolute atomic E-state index is 0.00615. The number of rotatable bonds is 9. The van der Waals surface area contributed by atoms with E-state index in [1.165, 1.54) is 0 Å². The normalized spacial score (nSPS) is 12.2. The van der Waals surface area contributed by atoms with E-state index in [0.717, 1.165) is 11.3 Å². The molecule has 0 saturated carbocycles. The van der Waals surface area contributed by atoms with Gasteiger partial charge in [0.1, 0.15) is 13.2 Å². The van der Waals surface area contributed by atoms with Gasteiger partial charge in [-0.15, -0.1) is 0 Å². The minimum atomic E-state index is -0.598. The third kappa shape index (κ3) is 6.49. The molecule has 0 radical (unpaired) electrons. The van der Waals surface area contributed by atoms with Crippen molar-refractivity contribution in [1.29, 1.82) is 0 Å². The van der Waals surface area contributed by atoms with Gasteiger partial charge in [0.05, 0.1) is 6.42 Å². The van der Waals surface area contributed by atoms with Gasteiger partial charge in [0, 0.05) is 23.6 Å². The van der Waals surface area contributed by atoms with Crippen molar-refractivity contribution < 1.29 is 28.6 Å². The van der Waals surface area contributed by atoms with Crippen LogP contribution in [-0.2, 0) is 20.7 Å². The van der Waals surface area contributed by atoms with Crippen LogP contribution in [0.5, 0.6) is 11.5 Å². The molecule has 2 aromatic rings. The van der Waals surface area contributed by atoms with Crippen molar-refractivity contribution in [2.24, 2.45) is 0 Å². The topological polar surface area (TPSA) is 90.9 Å². The van der Waals surface area contributed by atoms with Crippen LogP contribution >= 0.6 is 11.6 Å². The molecule has 1 amide bonds. The number of hydrogen-bond donors (Lipinski definition) is 1. The number of carbonyl (C=O) groups is 3. The van der Waals surface area contributed by atoms with Crippen LogP contribution < -0.4 is 14.8 Å². The predicted octanol–water partition coefficient (Wildman–Crippen LogP) is 2.98. The predicted molar refractivity (Wildman–Crippen MR) is 110 cm³/mol. The Morgan fingerprint density at radius 2 is 1.70 bits per heavy atom. The van der Waals surface area contributed by atoms with E-state index in [2.05, 4.69) is 5.32 Å². The van der Waals surface area contributed by atoms with E-state index in [1.54, 1.807) is 24.3 Å². The van der Waals surface area contributed by atoms with Crippen LogP contribution in [0.3, 0.4) is 0 Å². The Kier molecular flexibility index (Phi) is 7.68. The molecule has 1 N–H and O–H groups in total. The molecule has 0 aromatic heterocycles. The lowest BCUT2D eigenvalue weighted by molar-refractivity contribution is -0.148. The van der Waals surface area contributed by atoms with Crippen LogP contribution in [0.25, 0.3) is 0 Å². The first kappa shape index (κ1) is 21.6. The summed E-state index contributed by atoms with van der Waals surface area (Å²) < 4.78 is 15.9. The summed E-state index contributed by atoms with van der Waals surface area (Å²) in [5, 5.41) is 3.23. The van der Waals surface area contributed by atoms with Crippen molar-refractivity contribution >= 4 is 29.3 Å². The van der Waals surface area contributed by atoms with E-state index >= 15 is 0 Å². The fraction of sp³-hybridized carbons (Fsp3) is 0.318. The zero-order chi connectivity index (χ0) is 21.3. The molecule has 2 aromatic carbocycles. The fourth-order valence-corrected chi connectivity index (χ4v) is 2.98. The molecule has 0 unspecified atom stereocenters. The molecule has 158 valence electrons. The highest BCUT2D eigenvalue weighted by molar-refractivity contribution is 6.30. The average Bonchev–Trinajstić information content (AvgIpc) is 2.76. The fourth-order valence-electron chi connectivity index (χ4n) is 2.85. The Bertz CT molecular complexity index is 912. The standard InChI is InChI=1S/C22H22ClNO6/c23-17-4-2-16(3-5-17)18(25)6-8-22(27)30-14-21(26)24-10-9-15-1-7-19-20(13-15)29-12-11-28-19/h1-5,7,13H,6,8-12,14H2,(H,24,26). The molecule has 0 aliphatic carbocycles. The third-order valence-electron chi connectivity index (χ3n) is 4.43. The van der Waals surface area contributed by atoms with Crippen LogP contribution in [0.15, 0.2) is 42.5 Å². The van der Waals surface area contributed by atoms with E-state index < -0.39 is 11.9 Å². The Morgan fingerprint density at radius 1 is 0.967 bits per heavy atom. The third-order valence-corrected chi connectivity index (χ3v) is 4.68. The summed E-state index contributed by atoms with van der Waals surface area (Å²) >= 11 is 5.78. The van der Waals surface area contributed by atoms with Crippen molar-refractivity contribution in [2.75, 3.05) is 26.4 Å². The number of ketones is 1. The van der Waals surface area contributed by atoms with Crippen LogP contribution in [0.2, 0.25) is 5.02 Å². The quantitative estimate of drug-likeness (QED) is 0.485. The number of benzene rings is 2. The first-order chi connectivity index (χ1) is 14.5. The van der Waals surface area contributed by atoms with Crippen molar-refractivity contribution in [3.63, 3.8) is 0 Å². The lowest BCUT2D eigenvalue weighted by Gasteiger charge is -2.18. The van der Waals surface area contributed by atoms with Gasteiger partial charge in [-0.2, -0.15) is 0 Å². The maximum atomic E-state index is 12.0. The number of hydrogen-bond acceptors (Lipinski definition) is 6. The van der Waals surface area contributed by atoms with Gasteiger partial charge in [0.2, 0.25) is 0 Å². The van der Waals surface area contributed by atoms with E-state index in [0.29, 0.717) is 42.5 Å². The summed E-state index contributed by atoms with van der Waals surface area (Å²) in [6.07, 6.45) is 0.518. The summed E-state index contributed by atoms with van der Waals surface area (Å²) in [4.78, 5) is 35.6. The van der Waals surface area contributed by atoms with E-state index in [9.17, 15) is 14.4 Å². The van der Waals surface area contributed by atoms with Crippen molar-refractivity contribution in [3.05, 3.63) is 58.6 Å². The number of ether oxygens (including phenoxy) is 3. The van der Waals surface area contributed by atoms with Gasteiger partial charge in [0.15, 0.2) is 23.9 Å². The molecule has 3 rings (SSSR count). The van der Waals surface area contributed by atoms with Gasteiger partial charge in [-0.3, -0.25) is 14.4 Å². The van der Waals surface area contributed by atoms with Gasteiger partial charge in [-0.1, -0.05) is 17.7 Å². The molecule has 0 saturated heterocycles. The number of amides is 1. The van der Waals surface area contributed by atoms with Gasteiger partial charge in [-0.05, 0) is 48.4 Å². The molecule has 0 spiro atoms. The van der Waals surface area contributed by atoms with Gasteiger partial charge < -0.3 is 19.5 Å². The Balaban J connectivity index is 1.32. The van der Waals surface area contributed by atoms with Crippen molar-refractivity contribution in [2.45, 2.75) is 19.3 Å². The lowest BCUT2D eigenvalue weighted by atomic mass is 10.1. The molecule has 7 nitrogen and oxygen atoms in total. The molecule has 1 heterocycles. The second-order valence-corrected chi connectivity index (χ2v) is 7.11. The summed E-state index contributed by atoms with van der Waals surface area (Å²) in [7, 11) is 0. The maximum absolute atomic E-state index is 12.0. The zero-order valence-electron chi connectivity index (χ0n) is 16.3. The first-order valence-corrected chi connectivity index (χ1v) is 9.98. The Morgan fingerprint density at radius 3 is 2.47 bits per heavy atom. The monoisotopic (exact) mass is 431 g/mol. The van der Waals surface area contributed by atoms with Crippen LogP contribution in [0, 0.1) is 0 Å². The highest BCUT2D eigenvalue weighted by atomic mass is 35.5. The van der Waals surface area contributed by atoms with E-state index in [1.807, 2.05) is 18.2 Å². The molecule has 0 atom stereocenters. The summed E-state index contributed by atoms with van der Waals surface area (Å²) in [5.74, 6) is 0.236. The highest BCUT2D eigenvalue weighted by Crippen LogP contribution is 2.30. The van der Waals surface area contributed by atoms with E-state index in [4.69, 9.17) is 25.8 Å². The average molecular weight is 432 g/mol. The number of carbonyl (C=O) groups excluding carboxylic acids is 3. The smallest absolute Gasteiger partial charge is 0.306 e. The summed E-state index contributed by atoms with van der Waals surface area (Å²) in [6, 6.07) is 12.1. The number of fused-ring (bicyclic) bond motifs is 1. The Labute approximate surface area is 179 Å². The number of esters is 1. The van der Waals surface area contributed by atoms with E-state index in [-0.39, 0.29) is 25.2 Å². The highest BCUT2D eigenvalue weighted by Gasteiger charge is 2.13. The molecular weight excluding hydrogens is 410 g/mol. The SMILES string of the molecule is O=C(COC(=O)CCC(=O)c1ccc(Cl)cc1)NCCc1ccc2c(c1)OCCO2. The van der Waals surface area contributed by atoms with Gasteiger partial charge in [-0.25, -0.2) is 0 Å². The van der Waals surface area contributed by atoms with Crippen LogP contribution in [0.4, 0.5) is 0 Å². The lowest BCUT2D eigenvalue weighted by Crippen LogP contribution is -2.30. The maximum Gasteiger partial charge on any atom is 0.306 e. The molecule has 30 heavy (non-hydrogen) atoms. The first-order valence-electron chi connectivity index (χ1n) is 9.61. The zero-order valence-corrected chi connectivity index (χ0v) is 17.1. The molecule has 0 bridgehead atoms. The van der Waals surface area contributed by atoms with Gasteiger partial charge >= 0.3 is 5.97 Å². The largest absolute Gasteiger partial charge is 0.486 e. The number of Topliss-reactive ketones (excluding diaryl/α,β-unsaturated/α-hetero) is 1.